The maximum Gasteiger partial charge on any atom is 0.309 e. The van der Waals surface area contributed by atoms with Gasteiger partial charge in [0.15, 0.2) is 0 Å². The van der Waals surface area contributed by atoms with Crippen LogP contribution in [0.15, 0.2) is 0 Å². The minimum Gasteiger partial charge on any atom is -0.469 e. The van der Waals surface area contributed by atoms with Crippen molar-refractivity contribution in [1.29, 1.82) is 0 Å². The van der Waals surface area contributed by atoms with E-state index in [-0.39, 0.29) is 11.9 Å². The molecule has 0 radical (unpaired) electrons. The van der Waals surface area contributed by atoms with Crippen LogP contribution in [0.3, 0.4) is 0 Å². The lowest BCUT2D eigenvalue weighted by Gasteiger charge is -2.28. The van der Waals surface area contributed by atoms with Gasteiger partial charge < -0.3 is 10.1 Å². The number of rotatable bonds is 3. The third-order valence-corrected chi connectivity index (χ3v) is 2.35. The van der Waals surface area contributed by atoms with Crippen molar-refractivity contribution in [3.8, 4) is 0 Å². The molecule has 0 aromatic rings. The first kappa shape index (κ1) is 10.5. The molecule has 0 aromatic heterocycles. The third kappa shape index (κ3) is 3.32. The van der Waals surface area contributed by atoms with Gasteiger partial charge in [-0.05, 0) is 0 Å². The van der Waals surface area contributed by atoms with Gasteiger partial charge in [0.1, 0.15) is 0 Å². The lowest BCUT2D eigenvalue weighted by molar-refractivity contribution is -0.145. The van der Waals surface area contributed by atoms with E-state index >= 15 is 0 Å². The Morgan fingerprint density at radius 1 is 1.54 bits per heavy atom. The Morgan fingerprint density at radius 3 is 2.69 bits per heavy atom. The highest BCUT2D eigenvalue weighted by atomic mass is 16.5. The highest BCUT2D eigenvalue weighted by molar-refractivity contribution is 5.72. The van der Waals surface area contributed by atoms with Crippen molar-refractivity contribution in [3.05, 3.63) is 0 Å². The second kappa shape index (κ2) is 5.19. The summed E-state index contributed by atoms with van der Waals surface area (Å²) in [6, 6.07) is 0. The smallest absolute Gasteiger partial charge is 0.309 e. The number of carbonyl (C=O) groups excluding carboxylic acids is 1. The molecule has 0 aliphatic carbocycles. The Labute approximate surface area is 79.2 Å². The van der Waals surface area contributed by atoms with Crippen LogP contribution in [-0.2, 0) is 9.53 Å². The fourth-order valence-corrected chi connectivity index (χ4v) is 1.56. The summed E-state index contributed by atoms with van der Waals surface area (Å²) in [6.07, 6.45) is 0. The van der Waals surface area contributed by atoms with Crippen LogP contribution in [0.4, 0.5) is 0 Å². The average molecular weight is 186 g/mol. The number of piperazine rings is 1. The molecule has 13 heavy (non-hydrogen) atoms. The standard InChI is InChI=1S/C9H18N2O2/c1-8(9(12)13-2)7-11-5-3-10-4-6-11/h8,10H,3-7H2,1-2H3/t8-/m1/s1. The molecule has 1 aliphatic rings. The number of carbonyl (C=O) groups is 1. The zero-order valence-corrected chi connectivity index (χ0v) is 8.38. The number of methoxy groups -OCH3 is 1. The van der Waals surface area contributed by atoms with Gasteiger partial charge in [0.2, 0.25) is 0 Å². The number of hydrogen-bond donors (Lipinski definition) is 1. The zero-order valence-electron chi connectivity index (χ0n) is 8.38. The van der Waals surface area contributed by atoms with Crippen LogP contribution in [0.2, 0.25) is 0 Å². The Morgan fingerprint density at radius 2 is 2.15 bits per heavy atom. The topological polar surface area (TPSA) is 41.6 Å². The molecule has 1 atom stereocenters. The molecular formula is C9H18N2O2. The minimum absolute atomic E-state index is 0.0110. The van der Waals surface area contributed by atoms with Crippen molar-refractivity contribution in [3.63, 3.8) is 0 Å². The Balaban J connectivity index is 2.25. The van der Waals surface area contributed by atoms with Crippen LogP contribution >= 0.6 is 0 Å². The molecule has 4 heteroatoms. The average Bonchev–Trinajstić information content (AvgIpc) is 2.18. The van der Waals surface area contributed by atoms with Gasteiger partial charge in [0.25, 0.3) is 0 Å². The molecular weight excluding hydrogens is 168 g/mol. The number of nitrogens with zero attached hydrogens (tertiary/aromatic N) is 1. The van der Waals surface area contributed by atoms with Crippen molar-refractivity contribution in [2.24, 2.45) is 5.92 Å². The van der Waals surface area contributed by atoms with Crippen LogP contribution in [-0.4, -0.2) is 50.7 Å². The van der Waals surface area contributed by atoms with Crippen LogP contribution in [0, 0.1) is 5.92 Å². The molecule has 1 saturated heterocycles. The second-order valence-electron chi connectivity index (χ2n) is 3.47. The van der Waals surface area contributed by atoms with E-state index < -0.39 is 0 Å². The van der Waals surface area contributed by atoms with Gasteiger partial charge in [-0.3, -0.25) is 9.69 Å². The first-order valence-corrected chi connectivity index (χ1v) is 4.75. The van der Waals surface area contributed by atoms with Crippen molar-refractivity contribution in [2.45, 2.75) is 6.92 Å². The summed E-state index contributed by atoms with van der Waals surface area (Å²) >= 11 is 0. The quantitative estimate of drug-likeness (QED) is 0.614. The van der Waals surface area contributed by atoms with Gasteiger partial charge in [0.05, 0.1) is 13.0 Å². The number of nitrogens with one attached hydrogen (secondary N) is 1. The summed E-state index contributed by atoms with van der Waals surface area (Å²) in [5.41, 5.74) is 0. The lowest BCUT2D eigenvalue weighted by Crippen LogP contribution is -2.45. The van der Waals surface area contributed by atoms with Gasteiger partial charge in [-0.2, -0.15) is 0 Å². The number of esters is 1. The first-order chi connectivity index (χ1) is 6.24. The summed E-state index contributed by atoms with van der Waals surface area (Å²) in [6.45, 7) is 6.83. The van der Waals surface area contributed by atoms with Gasteiger partial charge in [-0.1, -0.05) is 6.92 Å². The highest BCUT2D eigenvalue weighted by Gasteiger charge is 2.18. The SMILES string of the molecule is COC(=O)[C@H](C)CN1CCNCC1. The molecule has 1 rings (SSSR count). The molecule has 1 N–H and O–H groups in total. The summed E-state index contributed by atoms with van der Waals surface area (Å²) < 4.78 is 4.67. The van der Waals surface area contributed by atoms with E-state index in [4.69, 9.17) is 0 Å². The maximum atomic E-state index is 11.1. The van der Waals surface area contributed by atoms with Gasteiger partial charge in [-0.15, -0.1) is 0 Å². The monoisotopic (exact) mass is 186 g/mol. The molecule has 0 unspecified atom stereocenters. The van der Waals surface area contributed by atoms with E-state index in [1.54, 1.807) is 0 Å². The van der Waals surface area contributed by atoms with Crippen molar-refractivity contribution >= 4 is 5.97 Å². The Hall–Kier alpha value is -0.610. The second-order valence-corrected chi connectivity index (χ2v) is 3.47. The first-order valence-electron chi connectivity index (χ1n) is 4.75. The van der Waals surface area contributed by atoms with Crippen molar-refractivity contribution in [1.82, 2.24) is 10.2 Å². The predicted molar refractivity (Wildman–Crippen MR) is 50.5 cm³/mol. The molecule has 0 bridgehead atoms. The van der Waals surface area contributed by atoms with Crippen molar-refractivity contribution < 1.29 is 9.53 Å². The van der Waals surface area contributed by atoms with Crippen LogP contribution < -0.4 is 5.32 Å². The molecule has 76 valence electrons. The molecule has 0 amide bonds. The number of hydrogen-bond acceptors (Lipinski definition) is 4. The van der Waals surface area contributed by atoms with Crippen LogP contribution in [0.25, 0.3) is 0 Å². The molecule has 0 spiro atoms. The van der Waals surface area contributed by atoms with E-state index in [0.29, 0.717) is 0 Å². The zero-order chi connectivity index (χ0) is 9.68. The summed E-state index contributed by atoms with van der Waals surface area (Å²) in [7, 11) is 1.44. The van der Waals surface area contributed by atoms with Crippen molar-refractivity contribution in [2.75, 3.05) is 39.8 Å². The Kier molecular flexibility index (Phi) is 4.18. The fraction of sp³-hybridized carbons (Fsp3) is 0.889. The van der Waals surface area contributed by atoms with Gasteiger partial charge >= 0.3 is 5.97 Å². The Bertz CT molecular complexity index is 167. The molecule has 0 aromatic carbocycles. The predicted octanol–water partition coefficient (Wildman–Crippen LogP) is -0.299. The normalized spacial score (nSPS) is 21.1. The van der Waals surface area contributed by atoms with Gasteiger partial charge in [-0.25, -0.2) is 0 Å². The molecule has 1 heterocycles. The molecule has 4 nitrogen and oxygen atoms in total. The van der Waals surface area contributed by atoms with E-state index in [1.807, 2.05) is 6.92 Å². The third-order valence-electron chi connectivity index (χ3n) is 2.35. The van der Waals surface area contributed by atoms with E-state index in [0.717, 1.165) is 32.7 Å². The summed E-state index contributed by atoms with van der Waals surface area (Å²) in [4.78, 5) is 13.4. The molecule has 1 aliphatic heterocycles. The van der Waals surface area contributed by atoms with Gasteiger partial charge in [0, 0.05) is 32.7 Å². The molecule has 0 saturated carbocycles. The highest BCUT2D eigenvalue weighted by Crippen LogP contribution is 2.02. The number of ether oxygens (including phenoxy) is 1. The largest absolute Gasteiger partial charge is 0.469 e. The summed E-state index contributed by atoms with van der Waals surface area (Å²) in [5.74, 6) is -0.123. The van der Waals surface area contributed by atoms with Crippen LogP contribution in [0.1, 0.15) is 6.92 Å². The van der Waals surface area contributed by atoms with Crippen LogP contribution in [0.5, 0.6) is 0 Å². The molecule has 1 fully saturated rings. The van der Waals surface area contributed by atoms with E-state index in [9.17, 15) is 4.79 Å². The maximum absolute atomic E-state index is 11.1. The van der Waals surface area contributed by atoms with E-state index in [1.165, 1.54) is 7.11 Å². The summed E-state index contributed by atoms with van der Waals surface area (Å²) in [5, 5.41) is 3.27. The lowest BCUT2D eigenvalue weighted by atomic mass is 10.1. The fourth-order valence-electron chi connectivity index (χ4n) is 1.56. The van der Waals surface area contributed by atoms with E-state index in [2.05, 4.69) is 15.0 Å². The minimum atomic E-state index is -0.112.